The monoisotopic (exact) mass is 562 g/mol. The van der Waals surface area contributed by atoms with Gasteiger partial charge in [-0.3, -0.25) is 0 Å². The number of carbonyl (C=O) groups is 2. The quantitative estimate of drug-likeness (QED) is 0.232. The van der Waals surface area contributed by atoms with Gasteiger partial charge in [0.25, 0.3) is 0 Å². The standard InChI is InChI=1S/C29H38O11/c1-15-9-21-28(11-17(15)31)13-36-25(34)24-26(3,40-24)19(32)12-35-18(16(2)30)7-5-6-8-23(33)39-20-10-22(38-21)29(14-37-29)27(20,28)4/h5-9,16-22,24,30-32H,10-14H2,1-4H3/b7-5+,8-6-/t16-,17+,18+,19-,20+,21+,22+,24+,26+,27+,28+,29?/m0/s1. The van der Waals surface area contributed by atoms with Crippen LogP contribution in [0.5, 0.6) is 0 Å². The molecule has 11 nitrogen and oxygen atoms in total. The fourth-order valence-electron chi connectivity index (χ4n) is 7.38. The van der Waals surface area contributed by atoms with Gasteiger partial charge in [-0.2, -0.15) is 0 Å². The number of ether oxygens (including phenoxy) is 6. The van der Waals surface area contributed by atoms with E-state index in [0.717, 1.165) is 5.57 Å². The van der Waals surface area contributed by atoms with Gasteiger partial charge in [0.05, 0.1) is 43.0 Å². The van der Waals surface area contributed by atoms with Crippen molar-refractivity contribution in [3.8, 4) is 0 Å². The lowest BCUT2D eigenvalue weighted by molar-refractivity contribution is -0.239. The van der Waals surface area contributed by atoms with Gasteiger partial charge in [-0.25, -0.2) is 9.59 Å². The van der Waals surface area contributed by atoms with Crippen molar-refractivity contribution in [2.24, 2.45) is 10.8 Å². The summed E-state index contributed by atoms with van der Waals surface area (Å²) in [6, 6.07) is 0. The summed E-state index contributed by atoms with van der Waals surface area (Å²) in [7, 11) is 0. The van der Waals surface area contributed by atoms with Crippen molar-refractivity contribution in [3.63, 3.8) is 0 Å². The lowest BCUT2D eigenvalue weighted by atomic mass is 9.51. The molecule has 4 heterocycles. The Morgan fingerprint density at radius 2 is 1.85 bits per heavy atom. The first-order valence-electron chi connectivity index (χ1n) is 13.9. The maximum absolute atomic E-state index is 13.3. The topological polar surface area (TPSA) is 157 Å². The fraction of sp³-hybridized carbons (Fsp3) is 0.724. The Kier molecular flexibility index (Phi) is 6.62. The first-order chi connectivity index (χ1) is 18.9. The molecule has 1 unspecified atom stereocenters. The molecule has 11 heteroatoms. The summed E-state index contributed by atoms with van der Waals surface area (Å²) < 4.78 is 35.9. The summed E-state index contributed by atoms with van der Waals surface area (Å²) in [4.78, 5) is 26.3. The molecule has 0 radical (unpaired) electrons. The van der Waals surface area contributed by atoms with Crippen molar-refractivity contribution in [2.45, 2.75) is 101 Å². The molecule has 2 bridgehead atoms. The molecule has 12 atom stereocenters. The SMILES string of the molecule is CC1=C[C@H]2O[C@@H]3C[C@H]4OC(=O)/C=C\C=C\[C@H]([C@H](C)O)OC[C@H](O)[C@@]5(C)O[C@@H]5C(=O)OC[C@@]2(C[C@H]1O)[C@]4(C)C31CO1. The van der Waals surface area contributed by atoms with Crippen LogP contribution in [0.4, 0.5) is 0 Å². The number of fused-ring (bicyclic) bond motifs is 1. The normalized spacial score (nSPS) is 52.6. The molecule has 40 heavy (non-hydrogen) atoms. The zero-order chi connectivity index (χ0) is 28.7. The molecule has 0 aromatic rings. The van der Waals surface area contributed by atoms with Gasteiger partial charge in [0.2, 0.25) is 0 Å². The van der Waals surface area contributed by atoms with Crippen LogP contribution in [0.1, 0.15) is 40.5 Å². The number of cyclic esters (lactones) is 1. The Balaban J connectivity index is 1.38. The van der Waals surface area contributed by atoms with Gasteiger partial charge in [0, 0.05) is 17.9 Å². The minimum absolute atomic E-state index is 0.134. The molecule has 2 aliphatic carbocycles. The maximum atomic E-state index is 13.3. The predicted molar refractivity (Wildman–Crippen MR) is 137 cm³/mol. The minimum Gasteiger partial charge on any atom is -0.463 e. The van der Waals surface area contributed by atoms with E-state index in [2.05, 4.69) is 0 Å². The van der Waals surface area contributed by atoms with Crippen LogP contribution in [0.15, 0.2) is 36.0 Å². The van der Waals surface area contributed by atoms with Gasteiger partial charge in [-0.1, -0.05) is 31.2 Å². The molecular formula is C29H38O11. The number of allylic oxidation sites excluding steroid dienone is 2. The Morgan fingerprint density at radius 3 is 2.55 bits per heavy atom. The number of hydrogen-bond donors (Lipinski definition) is 3. The Hall–Kier alpha value is -2.12. The third-order valence-corrected chi connectivity index (χ3v) is 10.3. The molecule has 1 saturated carbocycles. The van der Waals surface area contributed by atoms with E-state index in [1.54, 1.807) is 26.0 Å². The number of esters is 2. The van der Waals surface area contributed by atoms with E-state index in [-0.39, 0.29) is 25.7 Å². The van der Waals surface area contributed by atoms with Gasteiger partial charge in [0.15, 0.2) is 6.10 Å². The zero-order valence-corrected chi connectivity index (χ0v) is 23.1. The molecule has 3 saturated heterocycles. The van der Waals surface area contributed by atoms with Crippen molar-refractivity contribution in [1.29, 1.82) is 0 Å². The third-order valence-electron chi connectivity index (χ3n) is 10.3. The van der Waals surface area contributed by atoms with E-state index in [1.165, 1.54) is 12.2 Å². The Morgan fingerprint density at radius 1 is 1.10 bits per heavy atom. The number of epoxide rings is 2. The number of aliphatic hydroxyl groups is 3. The molecule has 0 aromatic carbocycles. The van der Waals surface area contributed by atoms with E-state index in [4.69, 9.17) is 28.4 Å². The van der Waals surface area contributed by atoms with Gasteiger partial charge in [-0.15, -0.1) is 0 Å². The molecule has 220 valence electrons. The molecule has 0 aromatic heterocycles. The molecular weight excluding hydrogens is 524 g/mol. The van der Waals surface area contributed by atoms with Crippen molar-refractivity contribution in [1.82, 2.24) is 0 Å². The fourth-order valence-corrected chi connectivity index (χ4v) is 7.38. The molecule has 2 spiro atoms. The summed E-state index contributed by atoms with van der Waals surface area (Å²) in [5.74, 6) is -1.23. The van der Waals surface area contributed by atoms with Gasteiger partial charge in [0.1, 0.15) is 36.1 Å². The summed E-state index contributed by atoms with van der Waals surface area (Å²) in [6.07, 6.45) is 2.24. The van der Waals surface area contributed by atoms with E-state index in [0.29, 0.717) is 13.0 Å². The van der Waals surface area contributed by atoms with Crippen LogP contribution >= 0.6 is 0 Å². The second kappa shape index (κ2) is 9.45. The molecule has 6 rings (SSSR count). The van der Waals surface area contributed by atoms with Crippen molar-refractivity contribution < 1.29 is 53.3 Å². The summed E-state index contributed by atoms with van der Waals surface area (Å²) in [5, 5.41) is 31.9. The highest BCUT2D eigenvalue weighted by Crippen LogP contribution is 2.72. The average Bonchev–Trinajstić information content (AvgIpc) is 3.81. The van der Waals surface area contributed by atoms with Gasteiger partial charge >= 0.3 is 11.9 Å². The minimum atomic E-state index is -1.22. The zero-order valence-electron chi connectivity index (χ0n) is 23.1. The first-order valence-corrected chi connectivity index (χ1v) is 13.9. The third kappa shape index (κ3) is 3.97. The van der Waals surface area contributed by atoms with Crippen LogP contribution in [0.3, 0.4) is 0 Å². The summed E-state index contributed by atoms with van der Waals surface area (Å²) in [6.45, 7) is 7.03. The van der Waals surface area contributed by atoms with Crippen molar-refractivity contribution in [2.75, 3.05) is 19.8 Å². The average molecular weight is 563 g/mol. The van der Waals surface area contributed by atoms with Crippen LogP contribution in [-0.4, -0.2) is 107 Å². The molecule has 4 aliphatic heterocycles. The second-order valence-corrected chi connectivity index (χ2v) is 12.5. The maximum Gasteiger partial charge on any atom is 0.338 e. The second-order valence-electron chi connectivity index (χ2n) is 12.5. The van der Waals surface area contributed by atoms with Gasteiger partial charge < -0.3 is 43.7 Å². The predicted octanol–water partition coefficient (Wildman–Crippen LogP) is 0.496. The highest BCUT2D eigenvalue weighted by molar-refractivity contribution is 5.82. The van der Waals surface area contributed by atoms with Crippen molar-refractivity contribution >= 4 is 11.9 Å². The van der Waals surface area contributed by atoms with E-state index in [9.17, 15) is 24.9 Å². The highest BCUT2D eigenvalue weighted by atomic mass is 16.7. The molecule has 6 aliphatic rings. The van der Waals surface area contributed by atoms with Crippen LogP contribution in [-0.2, 0) is 38.0 Å². The van der Waals surface area contributed by atoms with Crippen molar-refractivity contribution in [3.05, 3.63) is 36.0 Å². The lowest BCUT2D eigenvalue weighted by Gasteiger charge is -2.58. The van der Waals surface area contributed by atoms with Crippen LogP contribution in [0.2, 0.25) is 0 Å². The number of carbonyl (C=O) groups excluding carboxylic acids is 2. The van der Waals surface area contributed by atoms with Crippen LogP contribution in [0, 0.1) is 10.8 Å². The Labute approximate surface area is 232 Å². The summed E-state index contributed by atoms with van der Waals surface area (Å²) in [5.41, 5.74) is -3.03. The van der Waals surface area contributed by atoms with Crippen LogP contribution in [0.25, 0.3) is 0 Å². The Bertz CT molecular complexity index is 1160. The smallest absolute Gasteiger partial charge is 0.338 e. The summed E-state index contributed by atoms with van der Waals surface area (Å²) >= 11 is 0. The van der Waals surface area contributed by atoms with E-state index < -0.39 is 76.7 Å². The molecule has 0 amide bonds. The molecule has 4 fully saturated rings. The largest absolute Gasteiger partial charge is 0.463 e. The lowest BCUT2D eigenvalue weighted by Crippen LogP contribution is -2.68. The molecule has 3 N–H and O–H groups in total. The number of rotatable bonds is 1. The van der Waals surface area contributed by atoms with E-state index in [1.807, 2.05) is 19.9 Å². The van der Waals surface area contributed by atoms with Gasteiger partial charge in [-0.05, 0) is 32.8 Å². The van der Waals surface area contributed by atoms with E-state index >= 15 is 0 Å². The highest BCUT2D eigenvalue weighted by Gasteiger charge is 2.83. The van der Waals surface area contributed by atoms with Crippen LogP contribution < -0.4 is 0 Å². The number of aliphatic hydroxyl groups excluding tert-OH is 3. The first kappa shape index (κ1) is 28.0. The number of hydrogen-bond acceptors (Lipinski definition) is 11.